The molecule has 6 heteroatoms. The third kappa shape index (κ3) is 3.10. The number of nitrogens with zero attached hydrogens (tertiary/aromatic N) is 4. The largest absolute Gasteiger partial charge is 0.381 e. The molecule has 0 spiro atoms. The smallest absolute Gasteiger partial charge is 0.137 e. The first-order valence-corrected chi connectivity index (χ1v) is 6.88. The molecule has 1 aromatic carbocycles. The minimum absolute atomic E-state index is 0.736. The van der Waals surface area contributed by atoms with Gasteiger partial charge in [0.05, 0.1) is 12.2 Å². The molecule has 0 atom stereocenters. The maximum atomic E-state index is 4.20. The summed E-state index contributed by atoms with van der Waals surface area (Å²) in [7, 11) is 0. The zero-order valence-corrected chi connectivity index (χ0v) is 12.2. The molecule has 2 N–H and O–H groups in total. The molecule has 2 heterocycles. The van der Waals surface area contributed by atoms with Crippen molar-refractivity contribution in [3.05, 3.63) is 59.4 Å². The molecule has 0 amide bonds. The van der Waals surface area contributed by atoms with Gasteiger partial charge in [0.25, 0.3) is 0 Å². The highest BCUT2D eigenvalue weighted by Gasteiger charge is 2.05. The number of nitrogens with one attached hydrogen (secondary N) is 2. The normalized spacial score (nSPS) is 10.8. The monoisotopic (exact) mass is 282 g/mol. The summed E-state index contributed by atoms with van der Waals surface area (Å²) in [6, 6.07) is 8.35. The average Bonchev–Trinajstić information content (AvgIpc) is 3.10. The summed E-state index contributed by atoms with van der Waals surface area (Å²) in [5.74, 6) is 0. The van der Waals surface area contributed by atoms with Crippen LogP contribution in [0.3, 0.4) is 0 Å². The van der Waals surface area contributed by atoms with Crippen molar-refractivity contribution >= 4 is 5.69 Å². The Morgan fingerprint density at radius 1 is 1.19 bits per heavy atom. The van der Waals surface area contributed by atoms with E-state index in [1.165, 1.54) is 11.1 Å². The number of rotatable bonds is 5. The van der Waals surface area contributed by atoms with Gasteiger partial charge in [-0.1, -0.05) is 12.1 Å². The molecule has 0 saturated carbocycles. The van der Waals surface area contributed by atoms with Crippen LogP contribution in [-0.4, -0.2) is 25.0 Å². The first-order valence-electron chi connectivity index (χ1n) is 6.88. The molecule has 2 aromatic heterocycles. The summed E-state index contributed by atoms with van der Waals surface area (Å²) >= 11 is 0. The highest BCUT2D eigenvalue weighted by atomic mass is 15.3. The first kappa shape index (κ1) is 13.4. The van der Waals surface area contributed by atoms with Gasteiger partial charge in [-0.05, 0) is 31.5 Å². The molecular formula is C15H18N6. The second-order valence-corrected chi connectivity index (χ2v) is 5.06. The third-order valence-corrected chi connectivity index (χ3v) is 3.52. The molecule has 0 unspecified atom stereocenters. The Morgan fingerprint density at radius 3 is 2.62 bits per heavy atom. The molecule has 0 fully saturated rings. The molecule has 0 aliphatic heterocycles. The lowest BCUT2D eigenvalue weighted by atomic mass is 10.1. The quantitative estimate of drug-likeness (QED) is 0.753. The van der Waals surface area contributed by atoms with E-state index in [-0.39, 0.29) is 0 Å². The van der Waals surface area contributed by atoms with Crippen LogP contribution >= 0.6 is 0 Å². The van der Waals surface area contributed by atoms with Crippen LogP contribution in [0.25, 0.3) is 0 Å². The van der Waals surface area contributed by atoms with Gasteiger partial charge < -0.3 is 5.32 Å². The highest BCUT2D eigenvalue weighted by Crippen LogP contribution is 2.14. The number of hydrogen-bond acceptors (Lipinski definition) is 4. The van der Waals surface area contributed by atoms with Crippen molar-refractivity contribution in [2.45, 2.75) is 26.9 Å². The van der Waals surface area contributed by atoms with Crippen LogP contribution in [0.2, 0.25) is 0 Å². The van der Waals surface area contributed by atoms with E-state index in [9.17, 15) is 0 Å². The third-order valence-electron chi connectivity index (χ3n) is 3.52. The molecular weight excluding hydrogens is 264 g/mol. The Bertz CT molecular complexity index is 677. The van der Waals surface area contributed by atoms with Crippen molar-refractivity contribution in [1.29, 1.82) is 0 Å². The number of benzene rings is 1. The lowest BCUT2D eigenvalue weighted by Gasteiger charge is -2.08. The van der Waals surface area contributed by atoms with Crippen LogP contribution in [-0.2, 0) is 13.1 Å². The second kappa shape index (κ2) is 5.78. The van der Waals surface area contributed by atoms with Gasteiger partial charge in [-0.15, -0.1) is 0 Å². The van der Waals surface area contributed by atoms with E-state index in [2.05, 4.69) is 49.9 Å². The minimum atomic E-state index is 0.736. The van der Waals surface area contributed by atoms with E-state index >= 15 is 0 Å². The van der Waals surface area contributed by atoms with Gasteiger partial charge in [0.2, 0.25) is 0 Å². The second-order valence-electron chi connectivity index (χ2n) is 5.06. The van der Waals surface area contributed by atoms with E-state index in [1.807, 2.05) is 13.8 Å². The molecule has 0 radical (unpaired) electrons. The predicted octanol–water partition coefficient (Wildman–Crippen LogP) is 2.28. The van der Waals surface area contributed by atoms with Gasteiger partial charge >= 0.3 is 0 Å². The topological polar surface area (TPSA) is 71.4 Å². The summed E-state index contributed by atoms with van der Waals surface area (Å²) < 4.78 is 1.81. The van der Waals surface area contributed by atoms with E-state index < -0.39 is 0 Å². The average molecular weight is 282 g/mol. The number of aromatic amines is 1. The van der Waals surface area contributed by atoms with Gasteiger partial charge in [-0.2, -0.15) is 10.2 Å². The van der Waals surface area contributed by atoms with Crippen molar-refractivity contribution in [3.63, 3.8) is 0 Å². The SMILES string of the molecule is Cc1n[nH]c(C)c1CNc1ccc(Cn2cncn2)cc1. The van der Waals surface area contributed by atoms with Crippen molar-refractivity contribution in [3.8, 4) is 0 Å². The number of hydrogen-bond donors (Lipinski definition) is 2. The Kier molecular flexibility index (Phi) is 3.68. The number of aryl methyl sites for hydroxylation is 2. The molecule has 21 heavy (non-hydrogen) atoms. The van der Waals surface area contributed by atoms with Crippen LogP contribution in [0.15, 0.2) is 36.9 Å². The molecule has 0 aliphatic rings. The summed E-state index contributed by atoms with van der Waals surface area (Å²) in [6.45, 7) is 5.57. The number of H-pyrrole nitrogens is 1. The van der Waals surface area contributed by atoms with Crippen molar-refractivity contribution in [2.24, 2.45) is 0 Å². The fourth-order valence-corrected chi connectivity index (χ4v) is 2.25. The Balaban J connectivity index is 1.62. The maximum absolute atomic E-state index is 4.20. The van der Waals surface area contributed by atoms with Gasteiger partial charge in [-0.3, -0.25) is 5.10 Å². The highest BCUT2D eigenvalue weighted by molar-refractivity contribution is 5.45. The summed E-state index contributed by atoms with van der Waals surface area (Å²) in [4.78, 5) is 3.94. The summed E-state index contributed by atoms with van der Waals surface area (Å²) in [6.07, 6.45) is 3.27. The summed E-state index contributed by atoms with van der Waals surface area (Å²) in [5, 5.41) is 14.7. The zero-order chi connectivity index (χ0) is 14.7. The fraction of sp³-hybridized carbons (Fsp3) is 0.267. The van der Waals surface area contributed by atoms with Crippen molar-refractivity contribution in [1.82, 2.24) is 25.0 Å². The van der Waals surface area contributed by atoms with E-state index in [4.69, 9.17) is 0 Å². The molecule has 6 nitrogen and oxygen atoms in total. The van der Waals surface area contributed by atoms with Gasteiger partial charge in [0.15, 0.2) is 0 Å². The Morgan fingerprint density at radius 2 is 2.00 bits per heavy atom. The maximum Gasteiger partial charge on any atom is 0.137 e. The van der Waals surface area contributed by atoms with Crippen LogP contribution < -0.4 is 5.32 Å². The van der Waals surface area contributed by atoms with E-state index in [1.54, 1.807) is 17.3 Å². The van der Waals surface area contributed by atoms with Crippen molar-refractivity contribution in [2.75, 3.05) is 5.32 Å². The van der Waals surface area contributed by atoms with Crippen LogP contribution in [0.1, 0.15) is 22.5 Å². The summed E-state index contributed by atoms with van der Waals surface area (Å²) in [5.41, 5.74) is 5.67. The van der Waals surface area contributed by atoms with Crippen LogP contribution in [0.5, 0.6) is 0 Å². The number of aromatic nitrogens is 5. The Hall–Kier alpha value is -2.63. The molecule has 108 valence electrons. The van der Waals surface area contributed by atoms with E-state index in [0.29, 0.717) is 0 Å². The molecule has 0 bridgehead atoms. The number of anilines is 1. The zero-order valence-electron chi connectivity index (χ0n) is 12.2. The predicted molar refractivity (Wildman–Crippen MR) is 81.0 cm³/mol. The van der Waals surface area contributed by atoms with Gasteiger partial charge in [0.1, 0.15) is 12.7 Å². The standard InChI is InChI=1S/C15H18N6/c1-11-15(12(2)20-19-11)7-17-14-5-3-13(4-6-14)8-21-10-16-9-18-21/h3-6,9-10,17H,7-8H2,1-2H3,(H,19,20). The van der Waals surface area contributed by atoms with Crippen molar-refractivity contribution < 1.29 is 0 Å². The molecule has 3 aromatic rings. The van der Waals surface area contributed by atoms with Gasteiger partial charge in [-0.25, -0.2) is 9.67 Å². The molecule has 0 aliphatic carbocycles. The van der Waals surface area contributed by atoms with E-state index in [0.717, 1.165) is 30.2 Å². The molecule has 0 saturated heterocycles. The van der Waals surface area contributed by atoms with Crippen LogP contribution in [0.4, 0.5) is 5.69 Å². The molecule has 3 rings (SSSR count). The fourth-order valence-electron chi connectivity index (χ4n) is 2.25. The van der Waals surface area contributed by atoms with Gasteiger partial charge in [0, 0.05) is 23.5 Å². The lowest BCUT2D eigenvalue weighted by Crippen LogP contribution is -2.03. The minimum Gasteiger partial charge on any atom is -0.381 e. The first-order chi connectivity index (χ1) is 10.2. The lowest BCUT2D eigenvalue weighted by molar-refractivity contribution is 0.685. The van der Waals surface area contributed by atoms with Crippen LogP contribution in [0, 0.1) is 13.8 Å². The Labute approximate surface area is 123 Å².